The van der Waals surface area contributed by atoms with Crippen LogP contribution in [0.3, 0.4) is 0 Å². The molecule has 1 aliphatic heterocycles. The largest absolute Gasteiger partial charge is 0.753 e. The minimum Gasteiger partial charge on any atom is -0.753 e. The van der Waals surface area contributed by atoms with Crippen molar-refractivity contribution in [1.82, 2.24) is 0 Å². The zero-order chi connectivity index (χ0) is 15.0. The zero-order valence-electron chi connectivity index (χ0n) is 12.0. The summed E-state index contributed by atoms with van der Waals surface area (Å²) in [6.07, 6.45) is 3.91. The summed E-state index contributed by atoms with van der Waals surface area (Å²) in [4.78, 5) is 12.1. The molecule has 4 nitrogen and oxygen atoms in total. The van der Waals surface area contributed by atoms with Gasteiger partial charge in [-0.2, -0.15) is 0 Å². The van der Waals surface area contributed by atoms with Gasteiger partial charge in [-0.05, 0) is 23.3 Å². The van der Waals surface area contributed by atoms with Gasteiger partial charge < -0.3 is 10.3 Å². The lowest BCUT2D eigenvalue weighted by atomic mass is 10.1. The number of nitrogens with zero attached hydrogens (tertiary/aromatic N) is 2. The minimum absolute atomic E-state index is 0.421. The molecule has 21 heavy (non-hydrogen) atoms. The van der Waals surface area contributed by atoms with Crippen LogP contribution in [0.1, 0.15) is 25.0 Å². The van der Waals surface area contributed by atoms with E-state index < -0.39 is 5.66 Å². The first-order valence-corrected chi connectivity index (χ1v) is 6.82. The van der Waals surface area contributed by atoms with E-state index in [-0.39, 0.29) is 0 Å². The third-order valence-electron chi connectivity index (χ3n) is 3.70. The third kappa shape index (κ3) is 2.23. The van der Waals surface area contributed by atoms with E-state index in [0.29, 0.717) is 11.4 Å². The molecule has 4 heteroatoms. The highest BCUT2D eigenvalue weighted by Gasteiger charge is 2.47. The second kappa shape index (κ2) is 4.82. The number of nitroso groups, excluding NO2 is 1. The molecule has 2 aromatic carbocycles. The Labute approximate surface area is 123 Å². The summed E-state index contributed by atoms with van der Waals surface area (Å²) >= 11 is 0. The van der Waals surface area contributed by atoms with Crippen molar-refractivity contribution in [3.63, 3.8) is 0 Å². The maximum Gasteiger partial charge on any atom is 0.281 e. The summed E-state index contributed by atoms with van der Waals surface area (Å²) in [7, 11) is 0. The van der Waals surface area contributed by atoms with Gasteiger partial charge in [0.25, 0.3) is 11.4 Å². The van der Waals surface area contributed by atoms with Crippen molar-refractivity contribution in [3.8, 4) is 0 Å². The second-order valence-corrected chi connectivity index (χ2v) is 5.58. The van der Waals surface area contributed by atoms with E-state index in [9.17, 15) is 10.1 Å². The van der Waals surface area contributed by atoms with E-state index in [1.807, 2.05) is 48.6 Å². The molecule has 2 aromatic rings. The summed E-state index contributed by atoms with van der Waals surface area (Å²) < 4.78 is 0.764. The van der Waals surface area contributed by atoms with Gasteiger partial charge in [-0.1, -0.05) is 42.5 Å². The molecule has 0 fully saturated rings. The highest BCUT2D eigenvalue weighted by Crippen LogP contribution is 2.43. The molecule has 0 amide bonds. The Kier molecular flexibility index (Phi) is 3.11. The first-order valence-electron chi connectivity index (χ1n) is 6.82. The topological polar surface area (TPSA) is 46.4 Å². The smallest absolute Gasteiger partial charge is 0.281 e. The molecule has 1 aliphatic rings. The van der Waals surface area contributed by atoms with E-state index >= 15 is 0 Å². The molecule has 0 bridgehead atoms. The number of hydrogen-bond acceptors (Lipinski definition) is 3. The van der Waals surface area contributed by atoms with Gasteiger partial charge in [0.15, 0.2) is 0 Å². The molecule has 0 saturated heterocycles. The van der Waals surface area contributed by atoms with Crippen LogP contribution in [0.2, 0.25) is 0 Å². The van der Waals surface area contributed by atoms with E-state index in [4.69, 9.17) is 0 Å². The molecule has 106 valence electrons. The van der Waals surface area contributed by atoms with Gasteiger partial charge in [-0.25, -0.2) is 0 Å². The lowest BCUT2D eigenvalue weighted by Crippen LogP contribution is -2.41. The summed E-state index contributed by atoms with van der Waals surface area (Å²) in [5.74, 6) is 0. The molecule has 0 aliphatic carbocycles. The van der Waals surface area contributed by atoms with Gasteiger partial charge in [0.1, 0.15) is 5.69 Å². The van der Waals surface area contributed by atoms with Crippen LogP contribution in [-0.4, -0.2) is 10.4 Å². The van der Waals surface area contributed by atoms with E-state index in [1.165, 1.54) is 0 Å². The zero-order valence-corrected chi connectivity index (χ0v) is 12.0. The summed E-state index contributed by atoms with van der Waals surface area (Å²) in [5.41, 5.74) is 1.73. The van der Waals surface area contributed by atoms with Crippen molar-refractivity contribution in [3.05, 3.63) is 69.8 Å². The van der Waals surface area contributed by atoms with E-state index in [1.54, 1.807) is 26.0 Å². The minimum atomic E-state index is -1.09. The normalized spacial score (nSPS) is 16.5. The molecular weight excluding hydrogens is 264 g/mol. The molecular formula is C17H16N2O2. The quantitative estimate of drug-likeness (QED) is 0.608. The third-order valence-corrected chi connectivity index (χ3v) is 3.70. The summed E-state index contributed by atoms with van der Waals surface area (Å²) in [6.45, 7) is 3.24. The molecule has 0 radical (unpaired) electrons. The van der Waals surface area contributed by atoms with Gasteiger partial charge in [-0.3, -0.25) is 0 Å². The van der Waals surface area contributed by atoms with Crippen LogP contribution in [0.15, 0.2) is 48.5 Å². The fraction of sp³-hybridized carbons (Fsp3) is 0.176. The Balaban J connectivity index is 1.94. The van der Waals surface area contributed by atoms with Crippen LogP contribution < -0.4 is 5.06 Å². The molecule has 0 atom stereocenters. The molecule has 0 saturated carbocycles. The van der Waals surface area contributed by atoms with E-state index in [2.05, 4.69) is 0 Å². The molecule has 0 N–H and O–H groups in total. The number of hydroxylamine groups is 1. The Morgan fingerprint density at radius 1 is 1.05 bits per heavy atom. The Hall–Kier alpha value is -2.46. The highest BCUT2D eigenvalue weighted by molar-refractivity contribution is 5.76. The maximum atomic E-state index is 12.2. The van der Waals surface area contributed by atoms with Crippen LogP contribution in [0.5, 0.6) is 0 Å². The van der Waals surface area contributed by atoms with Crippen molar-refractivity contribution < 1.29 is 4.76 Å². The van der Waals surface area contributed by atoms with Crippen LogP contribution >= 0.6 is 0 Å². The Morgan fingerprint density at radius 3 is 2.43 bits per heavy atom. The van der Waals surface area contributed by atoms with Crippen LogP contribution in [0, 0.1) is 10.1 Å². The summed E-state index contributed by atoms with van der Waals surface area (Å²) in [6, 6.07) is 15.2. The van der Waals surface area contributed by atoms with Gasteiger partial charge in [0, 0.05) is 24.8 Å². The van der Waals surface area contributed by atoms with Gasteiger partial charge in [0.05, 0.1) is 4.76 Å². The SMILES string of the molecule is CC1(C)N([O-])c2cc(/C=C\c3ccccc3)ccc2[N+]1=O. The average Bonchev–Trinajstić information content (AvgIpc) is 2.67. The highest BCUT2D eigenvalue weighted by atomic mass is 16.5. The fourth-order valence-electron chi connectivity index (χ4n) is 2.41. The van der Waals surface area contributed by atoms with Crippen LogP contribution in [0.25, 0.3) is 12.2 Å². The van der Waals surface area contributed by atoms with Crippen LogP contribution in [0.4, 0.5) is 11.4 Å². The average molecular weight is 280 g/mol. The number of fused-ring (bicyclic) bond motifs is 1. The predicted molar refractivity (Wildman–Crippen MR) is 85.0 cm³/mol. The Bertz CT molecular complexity index is 721. The number of anilines is 1. The Morgan fingerprint density at radius 2 is 1.71 bits per heavy atom. The van der Waals surface area contributed by atoms with Gasteiger partial charge >= 0.3 is 0 Å². The van der Waals surface area contributed by atoms with E-state index in [0.717, 1.165) is 21.0 Å². The van der Waals surface area contributed by atoms with Gasteiger partial charge in [0.2, 0.25) is 0 Å². The molecule has 0 spiro atoms. The monoisotopic (exact) mass is 280 g/mol. The fourth-order valence-corrected chi connectivity index (χ4v) is 2.41. The van der Waals surface area contributed by atoms with Crippen molar-refractivity contribution in [1.29, 1.82) is 0 Å². The van der Waals surface area contributed by atoms with Gasteiger partial charge in [-0.15, -0.1) is 0 Å². The molecule has 0 aromatic heterocycles. The summed E-state index contributed by atoms with van der Waals surface area (Å²) in [5, 5.41) is 13.0. The molecule has 0 unspecified atom stereocenters. The first kappa shape index (κ1) is 13.5. The number of hydrogen-bond donors (Lipinski definition) is 0. The number of benzene rings is 2. The molecule has 1 heterocycles. The van der Waals surface area contributed by atoms with Crippen molar-refractivity contribution in [2.45, 2.75) is 19.5 Å². The first-order chi connectivity index (χ1) is 10.00. The lowest BCUT2D eigenvalue weighted by Gasteiger charge is -2.30. The number of rotatable bonds is 2. The maximum absolute atomic E-state index is 12.2. The second-order valence-electron chi connectivity index (χ2n) is 5.58. The van der Waals surface area contributed by atoms with Crippen molar-refractivity contribution in [2.24, 2.45) is 0 Å². The van der Waals surface area contributed by atoms with Crippen molar-refractivity contribution in [2.75, 3.05) is 5.06 Å². The predicted octanol–water partition coefficient (Wildman–Crippen LogP) is 4.32. The van der Waals surface area contributed by atoms with Crippen LogP contribution in [-0.2, 0) is 0 Å². The standard InChI is InChI=1S/C17H16N2O2/c1-17(2)18(20)15-11-10-14(12-16(15)19(17)21)9-8-13-6-4-3-5-7-13/h3-12H,1-2H3/b9-8-. The lowest BCUT2D eigenvalue weighted by molar-refractivity contribution is -0.532. The van der Waals surface area contributed by atoms with Crippen molar-refractivity contribution >= 4 is 23.5 Å². The molecule has 3 rings (SSSR count).